The van der Waals surface area contributed by atoms with Crippen molar-refractivity contribution in [3.8, 4) is 17.2 Å². The van der Waals surface area contributed by atoms with E-state index in [0.717, 1.165) is 12.1 Å². The van der Waals surface area contributed by atoms with Gasteiger partial charge in [-0.2, -0.15) is 0 Å². The van der Waals surface area contributed by atoms with Crippen LogP contribution in [-0.4, -0.2) is 10.2 Å². The van der Waals surface area contributed by atoms with Crippen molar-refractivity contribution in [1.82, 2.24) is 10.2 Å². The maximum absolute atomic E-state index is 13.4. The van der Waals surface area contributed by atoms with Crippen LogP contribution < -0.4 is 4.74 Å². The zero-order valence-corrected chi connectivity index (χ0v) is 11.8. The van der Waals surface area contributed by atoms with Gasteiger partial charge in [-0.05, 0) is 24.3 Å². The molecule has 0 aliphatic carbocycles. The molecule has 2 aromatic carbocycles. The van der Waals surface area contributed by atoms with E-state index in [1.54, 1.807) is 24.3 Å². The first-order valence-electron chi connectivity index (χ1n) is 6.28. The van der Waals surface area contributed by atoms with E-state index in [0.29, 0.717) is 10.6 Å². The molecule has 0 saturated heterocycles. The third kappa shape index (κ3) is 3.07. The third-order valence-corrected chi connectivity index (χ3v) is 3.15. The Bertz CT molecular complexity index is 808. The molecule has 0 atom stereocenters. The van der Waals surface area contributed by atoms with Crippen molar-refractivity contribution in [3.63, 3.8) is 0 Å². The van der Waals surface area contributed by atoms with Crippen LogP contribution in [0.25, 0.3) is 11.5 Å². The van der Waals surface area contributed by atoms with Crippen LogP contribution in [-0.2, 0) is 6.61 Å². The molecular weight excluding hydrogens is 314 g/mol. The minimum atomic E-state index is -0.800. The lowest BCUT2D eigenvalue weighted by atomic mass is 10.2. The molecule has 0 radical (unpaired) electrons. The van der Waals surface area contributed by atoms with Crippen LogP contribution in [0.2, 0.25) is 5.02 Å². The van der Waals surface area contributed by atoms with Gasteiger partial charge in [0.25, 0.3) is 5.89 Å². The smallest absolute Gasteiger partial charge is 0.254 e. The van der Waals surface area contributed by atoms with Crippen molar-refractivity contribution in [1.29, 1.82) is 0 Å². The number of ether oxygens (including phenoxy) is 1. The van der Waals surface area contributed by atoms with Crippen LogP contribution in [0.5, 0.6) is 5.75 Å². The van der Waals surface area contributed by atoms with E-state index in [2.05, 4.69) is 10.2 Å². The highest BCUT2D eigenvalue weighted by molar-refractivity contribution is 6.33. The zero-order chi connectivity index (χ0) is 15.5. The van der Waals surface area contributed by atoms with Crippen molar-refractivity contribution in [3.05, 3.63) is 65.0 Å². The van der Waals surface area contributed by atoms with E-state index in [1.165, 1.54) is 6.07 Å². The molecule has 0 fully saturated rings. The molecule has 0 unspecified atom stereocenters. The zero-order valence-electron chi connectivity index (χ0n) is 11.1. The molecule has 7 heteroatoms. The quantitative estimate of drug-likeness (QED) is 0.720. The van der Waals surface area contributed by atoms with Crippen molar-refractivity contribution >= 4 is 11.6 Å². The first-order valence-corrected chi connectivity index (χ1v) is 6.66. The molecule has 22 heavy (non-hydrogen) atoms. The van der Waals surface area contributed by atoms with E-state index >= 15 is 0 Å². The second kappa shape index (κ2) is 6.11. The maximum Gasteiger partial charge on any atom is 0.254 e. The number of aromatic nitrogens is 2. The monoisotopic (exact) mass is 322 g/mol. The van der Waals surface area contributed by atoms with Gasteiger partial charge in [-0.15, -0.1) is 10.2 Å². The Balaban J connectivity index is 1.74. The number of nitrogens with zero attached hydrogens (tertiary/aromatic N) is 2. The Kier molecular flexibility index (Phi) is 4.02. The van der Waals surface area contributed by atoms with Crippen molar-refractivity contribution in [2.45, 2.75) is 6.61 Å². The fourth-order valence-corrected chi connectivity index (χ4v) is 2.00. The van der Waals surface area contributed by atoms with E-state index in [-0.39, 0.29) is 24.1 Å². The van der Waals surface area contributed by atoms with Gasteiger partial charge < -0.3 is 9.15 Å². The SMILES string of the molecule is Fc1ccc(OCc2nnc(-c3ccccc3Cl)o2)c(F)c1. The maximum atomic E-state index is 13.4. The Labute approximate surface area is 129 Å². The second-order valence-electron chi connectivity index (χ2n) is 4.34. The highest BCUT2D eigenvalue weighted by atomic mass is 35.5. The molecule has 0 aliphatic heterocycles. The lowest BCUT2D eigenvalue weighted by Gasteiger charge is -2.04. The molecule has 0 amide bonds. The topological polar surface area (TPSA) is 48.2 Å². The van der Waals surface area contributed by atoms with Gasteiger partial charge in [0, 0.05) is 6.07 Å². The molecule has 0 spiro atoms. The summed E-state index contributed by atoms with van der Waals surface area (Å²) in [6.45, 7) is -0.139. The average Bonchev–Trinajstić information content (AvgIpc) is 2.95. The minimum Gasteiger partial charge on any atom is -0.481 e. The Morgan fingerprint density at radius 2 is 1.91 bits per heavy atom. The molecule has 1 heterocycles. The average molecular weight is 323 g/mol. The van der Waals surface area contributed by atoms with Gasteiger partial charge >= 0.3 is 0 Å². The normalized spacial score (nSPS) is 10.7. The molecule has 112 valence electrons. The summed E-state index contributed by atoms with van der Waals surface area (Å²) in [5.74, 6) is -1.18. The van der Waals surface area contributed by atoms with Gasteiger partial charge in [-0.25, -0.2) is 8.78 Å². The van der Waals surface area contributed by atoms with Crippen LogP contribution in [0.4, 0.5) is 8.78 Å². The Hall–Kier alpha value is -2.47. The van der Waals surface area contributed by atoms with Crippen LogP contribution in [0.15, 0.2) is 46.9 Å². The van der Waals surface area contributed by atoms with Gasteiger partial charge in [-0.3, -0.25) is 0 Å². The number of rotatable bonds is 4. The van der Waals surface area contributed by atoms with Crippen LogP contribution in [0.3, 0.4) is 0 Å². The second-order valence-corrected chi connectivity index (χ2v) is 4.75. The number of benzene rings is 2. The van der Waals surface area contributed by atoms with Gasteiger partial charge in [0.1, 0.15) is 5.82 Å². The molecule has 3 rings (SSSR count). The molecular formula is C15H9ClF2N2O2. The number of hydrogen-bond acceptors (Lipinski definition) is 4. The van der Waals surface area contributed by atoms with Gasteiger partial charge in [0.15, 0.2) is 18.2 Å². The van der Waals surface area contributed by atoms with Crippen LogP contribution in [0.1, 0.15) is 5.89 Å². The fourth-order valence-electron chi connectivity index (χ4n) is 1.79. The summed E-state index contributed by atoms with van der Waals surface area (Å²) in [6, 6.07) is 10.0. The first-order chi connectivity index (χ1) is 10.6. The van der Waals surface area contributed by atoms with E-state index in [9.17, 15) is 8.78 Å². The summed E-state index contributed by atoms with van der Waals surface area (Å²) in [5.41, 5.74) is 0.593. The lowest BCUT2D eigenvalue weighted by Crippen LogP contribution is -1.98. The predicted octanol–water partition coefficient (Wildman–Crippen LogP) is 4.25. The fraction of sp³-hybridized carbons (Fsp3) is 0.0667. The molecule has 3 aromatic rings. The standard InChI is InChI=1S/C15H9ClF2N2O2/c16-11-4-2-1-3-10(11)15-20-19-14(22-15)8-21-13-6-5-9(17)7-12(13)18/h1-7H,8H2. The Morgan fingerprint density at radius 3 is 2.68 bits per heavy atom. The van der Waals surface area contributed by atoms with Crippen molar-refractivity contribution < 1.29 is 17.9 Å². The summed E-state index contributed by atoms with van der Waals surface area (Å²) in [4.78, 5) is 0. The molecule has 0 N–H and O–H groups in total. The van der Waals surface area contributed by atoms with Crippen LogP contribution in [0, 0.1) is 11.6 Å². The molecule has 1 aromatic heterocycles. The van der Waals surface area contributed by atoms with Crippen molar-refractivity contribution in [2.75, 3.05) is 0 Å². The summed E-state index contributed by atoms with van der Waals surface area (Å²) < 4.78 is 36.8. The van der Waals surface area contributed by atoms with Crippen molar-refractivity contribution in [2.24, 2.45) is 0 Å². The highest BCUT2D eigenvalue weighted by Crippen LogP contribution is 2.26. The van der Waals surface area contributed by atoms with E-state index < -0.39 is 11.6 Å². The van der Waals surface area contributed by atoms with Gasteiger partial charge in [0.2, 0.25) is 5.89 Å². The number of halogens is 3. The molecule has 0 bridgehead atoms. The van der Waals surface area contributed by atoms with E-state index in [4.69, 9.17) is 20.8 Å². The lowest BCUT2D eigenvalue weighted by molar-refractivity contribution is 0.252. The van der Waals surface area contributed by atoms with Gasteiger partial charge in [-0.1, -0.05) is 23.7 Å². The summed E-state index contributed by atoms with van der Waals surface area (Å²) in [7, 11) is 0. The summed E-state index contributed by atoms with van der Waals surface area (Å²) in [6.07, 6.45) is 0. The van der Waals surface area contributed by atoms with E-state index in [1.807, 2.05) is 0 Å². The molecule has 0 saturated carbocycles. The Morgan fingerprint density at radius 1 is 1.09 bits per heavy atom. The largest absolute Gasteiger partial charge is 0.481 e. The summed E-state index contributed by atoms with van der Waals surface area (Å²) in [5, 5.41) is 8.14. The number of hydrogen-bond donors (Lipinski definition) is 0. The first kappa shape index (κ1) is 14.5. The molecule has 4 nitrogen and oxygen atoms in total. The summed E-state index contributed by atoms with van der Waals surface area (Å²) >= 11 is 6.03. The minimum absolute atomic E-state index is 0.0982. The van der Waals surface area contributed by atoms with Crippen LogP contribution >= 0.6 is 11.6 Å². The highest BCUT2D eigenvalue weighted by Gasteiger charge is 2.13. The van der Waals surface area contributed by atoms with Gasteiger partial charge in [0.05, 0.1) is 10.6 Å². The third-order valence-electron chi connectivity index (χ3n) is 2.82. The molecule has 0 aliphatic rings. The predicted molar refractivity (Wildman–Crippen MR) is 75.4 cm³/mol.